The minimum atomic E-state index is -3.94. The molecule has 8 heteroatoms. The van der Waals surface area contributed by atoms with Crippen LogP contribution in [0.1, 0.15) is 55.5 Å². The van der Waals surface area contributed by atoms with Gasteiger partial charge < -0.3 is 5.32 Å². The summed E-state index contributed by atoms with van der Waals surface area (Å²) in [6.45, 7) is 4.59. The number of benzene rings is 2. The van der Waals surface area contributed by atoms with Crippen LogP contribution in [0.3, 0.4) is 0 Å². The Kier molecular flexibility index (Phi) is 8.98. The van der Waals surface area contributed by atoms with E-state index in [0.29, 0.717) is 27.9 Å². The van der Waals surface area contributed by atoms with Gasteiger partial charge in [-0.3, -0.25) is 9.10 Å². The van der Waals surface area contributed by atoms with Crippen molar-refractivity contribution < 1.29 is 22.0 Å². The summed E-state index contributed by atoms with van der Waals surface area (Å²) in [5.74, 6) is -1.70. The standard InChI is InChI=1S/C23H30F2N2O3S/c1-4-6-8-17(5-2)15-26-23(28)19-13-11-18(12-14-19)16-27(31(3,29)30)22-20(24)9-7-10-21(22)25/h7,9-14,17H,4-6,8,15-16H2,1-3H3,(H,26,28)/t17-/m1/s1. The molecule has 2 aromatic rings. The molecule has 0 fully saturated rings. The molecular formula is C23H30F2N2O3S. The number of unbranched alkanes of at least 4 members (excludes halogenated alkanes) is 1. The Morgan fingerprint density at radius 2 is 1.68 bits per heavy atom. The van der Waals surface area contributed by atoms with Gasteiger partial charge in [0.25, 0.3) is 5.91 Å². The second-order valence-corrected chi connectivity index (χ2v) is 9.57. The lowest BCUT2D eigenvalue weighted by atomic mass is 9.99. The molecule has 0 saturated carbocycles. The topological polar surface area (TPSA) is 66.5 Å². The molecule has 31 heavy (non-hydrogen) atoms. The highest BCUT2D eigenvalue weighted by Gasteiger charge is 2.24. The van der Waals surface area contributed by atoms with E-state index in [2.05, 4.69) is 19.2 Å². The Hall–Kier alpha value is -2.48. The molecule has 1 amide bonds. The van der Waals surface area contributed by atoms with E-state index < -0.39 is 27.3 Å². The van der Waals surface area contributed by atoms with E-state index in [4.69, 9.17) is 0 Å². The van der Waals surface area contributed by atoms with Gasteiger partial charge in [0.1, 0.15) is 5.69 Å². The van der Waals surface area contributed by atoms with Gasteiger partial charge in [-0.05, 0) is 42.2 Å². The predicted octanol–water partition coefficient (Wildman–Crippen LogP) is 4.88. The average Bonchev–Trinajstić information content (AvgIpc) is 2.72. The first-order chi connectivity index (χ1) is 14.7. The van der Waals surface area contributed by atoms with Gasteiger partial charge in [0, 0.05) is 12.1 Å². The predicted molar refractivity (Wildman–Crippen MR) is 119 cm³/mol. The fourth-order valence-electron chi connectivity index (χ4n) is 3.30. The van der Waals surface area contributed by atoms with E-state index in [1.54, 1.807) is 24.3 Å². The van der Waals surface area contributed by atoms with E-state index in [1.165, 1.54) is 6.07 Å². The molecule has 170 valence electrons. The minimum Gasteiger partial charge on any atom is -0.352 e. The normalized spacial score (nSPS) is 12.4. The number of anilines is 1. The van der Waals surface area contributed by atoms with Crippen molar-refractivity contribution in [2.45, 2.75) is 46.1 Å². The van der Waals surface area contributed by atoms with E-state index in [0.717, 1.165) is 44.1 Å². The van der Waals surface area contributed by atoms with Crippen molar-refractivity contribution in [1.29, 1.82) is 0 Å². The van der Waals surface area contributed by atoms with Gasteiger partial charge in [-0.15, -0.1) is 0 Å². The summed E-state index contributed by atoms with van der Waals surface area (Å²) in [6, 6.07) is 9.52. The third-order valence-corrected chi connectivity index (χ3v) is 6.34. The van der Waals surface area contributed by atoms with E-state index in [1.807, 2.05) is 0 Å². The van der Waals surface area contributed by atoms with Crippen LogP contribution in [-0.4, -0.2) is 27.1 Å². The maximum absolute atomic E-state index is 14.2. The Morgan fingerprint density at radius 1 is 1.06 bits per heavy atom. The van der Waals surface area contributed by atoms with Crippen LogP contribution in [0.25, 0.3) is 0 Å². The molecule has 0 spiro atoms. The summed E-state index contributed by atoms with van der Waals surface area (Å²) in [4.78, 5) is 12.4. The van der Waals surface area contributed by atoms with Gasteiger partial charge in [-0.2, -0.15) is 0 Å². The number of nitrogens with zero attached hydrogens (tertiary/aromatic N) is 1. The molecular weight excluding hydrogens is 422 g/mol. The summed E-state index contributed by atoms with van der Waals surface area (Å²) in [5, 5.41) is 2.94. The third kappa shape index (κ3) is 7.02. The van der Waals surface area contributed by atoms with Gasteiger partial charge >= 0.3 is 0 Å². The number of nitrogens with one attached hydrogen (secondary N) is 1. The van der Waals surface area contributed by atoms with E-state index >= 15 is 0 Å². The summed E-state index contributed by atoms with van der Waals surface area (Å²) >= 11 is 0. The van der Waals surface area contributed by atoms with Crippen molar-refractivity contribution in [2.24, 2.45) is 5.92 Å². The van der Waals surface area contributed by atoms with Crippen molar-refractivity contribution in [3.05, 3.63) is 65.2 Å². The first kappa shape index (κ1) is 24.8. The van der Waals surface area contributed by atoms with Crippen molar-refractivity contribution in [3.8, 4) is 0 Å². The number of sulfonamides is 1. The molecule has 5 nitrogen and oxygen atoms in total. The van der Waals surface area contributed by atoms with Crippen LogP contribution < -0.4 is 9.62 Å². The highest BCUT2D eigenvalue weighted by atomic mass is 32.2. The van der Waals surface area contributed by atoms with Gasteiger partial charge in [-0.25, -0.2) is 17.2 Å². The van der Waals surface area contributed by atoms with Crippen LogP contribution in [0.2, 0.25) is 0 Å². The third-order valence-electron chi connectivity index (χ3n) is 5.22. The molecule has 0 bridgehead atoms. The molecule has 0 aliphatic heterocycles. The van der Waals surface area contributed by atoms with E-state index in [9.17, 15) is 22.0 Å². The number of rotatable bonds is 11. The summed E-state index contributed by atoms with van der Waals surface area (Å²) in [5.41, 5.74) is 0.320. The molecule has 2 aromatic carbocycles. The molecule has 1 atom stereocenters. The second kappa shape index (κ2) is 11.2. The fourth-order valence-corrected chi connectivity index (χ4v) is 4.19. The molecule has 0 unspecified atom stereocenters. The smallest absolute Gasteiger partial charge is 0.251 e. The zero-order chi connectivity index (χ0) is 23.0. The highest BCUT2D eigenvalue weighted by Crippen LogP contribution is 2.27. The molecule has 1 N–H and O–H groups in total. The molecule has 0 aromatic heterocycles. The van der Waals surface area contributed by atoms with Crippen molar-refractivity contribution in [3.63, 3.8) is 0 Å². The van der Waals surface area contributed by atoms with Gasteiger partial charge in [0.2, 0.25) is 10.0 Å². The first-order valence-electron chi connectivity index (χ1n) is 10.5. The van der Waals surface area contributed by atoms with Crippen LogP contribution >= 0.6 is 0 Å². The van der Waals surface area contributed by atoms with Crippen molar-refractivity contribution in [2.75, 3.05) is 17.1 Å². The maximum Gasteiger partial charge on any atom is 0.251 e. The Morgan fingerprint density at radius 3 is 2.19 bits per heavy atom. The Labute approximate surface area is 183 Å². The number of amides is 1. The highest BCUT2D eigenvalue weighted by molar-refractivity contribution is 7.92. The lowest BCUT2D eigenvalue weighted by molar-refractivity contribution is 0.0946. The van der Waals surface area contributed by atoms with Crippen molar-refractivity contribution >= 4 is 21.6 Å². The Bertz CT molecular complexity index is 959. The zero-order valence-electron chi connectivity index (χ0n) is 18.2. The number of hydrogen-bond donors (Lipinski definition) is 1. The number of carbonyl (C=O) groups excluding carboxylic acids is 1. The van der Waals surface area contributed by atoms with Crippen LogP contribution in [0.5, 0.6) is 0 Å². The number of halogens is 2. The monoisotopic (exact) mass is 452 g/mol. The molecule has 0 aliphatic carbocycles. The second-order valence-electron chi connectivity index (χ2n) is 7.66. The SMILES string of the molecule is CCCC[C@@H](CC)CNC(=O)c1ccc(CN(c2c(F)cccc2F)S(C)(=O)=O)cc1. The van der Waals surface area contributed by atoms with E-state index in [-0.39, 0.29) is 12.5 Å². The van der Waals surface area contributed by atoms with Crippen LogP contribution in [0.4, 0.5) is 14.5 Å². The number of carbonyl (C=O) groups is 1. The molecule has 0 saturated heterocycles. The average molecular weight is 453 g/mol. The Balaban J connectivity index is 2.12. The summed E-state index contributed by atoms with van der Waals surface area (Å²) < 4.78 is 53.4. The lowest BCUT2D eigenvalue weighted by Crippen LogP contribution is -2.31. The van der Waals surface area contributed by atoms with Crippen LogP contribution in [-0.2, 0) is 16.6 Å². The summed E-state index contributed by atoms with van der Waals surface area (Å²) in [6.07, 6.45) is 5.20. The van der Waals surface area contributed by atoms with Crippen LogP contribution in [0, 0.1) is 17.6 Å². The quantitative estimate of drug-likeness (QED) is 0.529. The molecule has 2 rings (SSSR count). The fraction of sp³-hybridized carbons (Fsp3) is 0.435. The zero-order valence-corrected chi connectivity index (χ0v) is 19.0. The summed E-state index contributed by atoms with van der Waals surface area (Å²) in [7, 11) is -3.94. The number of para-hydroxylation sites is 1. The lowest BCUT2D eigenvalue weighted by Gasteiger charge is -2.23. The first-order valence-corrected chi connectivity index (χ1v) is 12.3. The van der Waals surface area contributed by atoms with Crippen molar-refractivity contribution in [1.82, 2.24) is 5.32 Å². The maximum atomic E-state index is 14.2. The minimum absolute atomic E-state index is 0.207. The molecule has 0 heterocycles. The number of hydrogen-bond acceptors (Lipinski definition) is 3. The van der Waals surface area contributed by atoms with Crippen LogP contribution in [0.15, 0.2) is 42.5 Å². The van der Waals surface area contributed by atoms with Gasteiger partial charge in [-0.1, -0.05) is 51.3 Å². The molecule has 0 radical (unpaired) electrons. The largest absolute Gasteiger partial charge is 0.352 e. The van der Waals surface area contributed by atoms with Gasteiger partial charge in [0.05, 0.1) is 12.8 Å². The molecule has 0 aliphatic rings. The van der Waals surface area contributed by atoms with Gasteiger partial charge in [0.15, 0.2) is 11.6 Å².